The normalized spacial score (nSPS) is 16.1. The molecule has 0 unspecified atom stereocenters. The van der Waals surface area contributed by atoms with Gasteiger partial charge in [-0.3, -0.25) is 14.5 Å². The molecule has 8 nitrogen and oxygen atoms in total. The number of aryl methyl sites for hydroxylation is 2. The molecule has 1 fully saturated rings. The Bertz CT molecular complexity index is 850. The molecule has 3 heterocycles. The van der Waals surface area contributed by atoms with E-state index in [4.69, 9.17) is 0 Å². The molecule has 0 radical (unpaired) electrons. The first kappa shape index (κ1) is 19.6. The van der Waals surface area contributed by atoms with E-state index in [0.29, 0.717) is 30.3 Å². The fourth-order valence-corrected chi connectivity index (χ4v) is 3.85. The third-order valence-corrected chi connectivity index (χ3v) is 5.56. The number of likely N-dealkylation sites (tertiary alicyclic amines) is 1. The summed E-state index contributed by atoms with van der Waals surface area (Å²) in [6.45, 7) is 6.70. The first-order valence-corrected chi connectivity index (χ1v) is 9.56. The maximum atomic E-state index is 12.0. The summed E-state index contributed by atoms with van der Waals surface area (Å²) in [5.41, 5.74) is 1.99. The van der Waals surface area contributed by atoms with Gasteiger partial charge in [0.25, 0.3) is 0 Å². The molecule has 2 N–H and O–H groups in total. The Morgan fingerprint density at radius 2 is 2.00 bits per heavy atom. The van der Waals surface area contributed by atoms with Crippen LogP contribution in [-0.4, -0.2) is 47.5 Å². The molecular weight excluding hydrogens is 346 g/mol. The molecule has 148 valence electrons. The third-order valence-electron chi connectivity index (χ3n) is 5.56. The molecule has 8 heteroatoms. The molecule has 0 atom stereocenters. The second-order valence-electron chi connectivity index (χ2n) is 7.34. The molecular formula is C19H29N5O3. The van der Waals surface area contributed by atoms with Crippen LogP contribution in [-0.2, 0) is 33.2 Å². The molecule has 2 aromatic rings. The smallest absolute Gasteiger partial charge is 0.345 e. The molecule has 0 amide bonds. The molecule has 2 aromatic heterocycles. The van der Waals surface area contributed by atoms with Crippen LogP contribution in [0.4, 0.5) is 0 Å². The monoisotopic (exact) mass is 375 g/mol. The van der Waals surface area contributed by atoms with Crippen molar-refractivity contribution >= 4 is 0 Å². The Labute approximate surface area is 159 Å². The second-order valence-corrected chi connectivity index (χ2v) is 7.34. The van der Waals surface area contributed by atoms with Gasteiger partial charge in [-0.05, 0) is 45.7 Å². The summed E-state index contributed by atoms with van der Waals surface area (Å²) in [7, 11) is 1.70. The number of nitrogens with zero attached hydrogens (tertiary/aromatic N) is 5. The third kappa shape index (κ3) is 4.06. The van der Waals surface area contributed by atoms with Gasteiger partial charge in [-0.1, -0.05) is 0 Å². The number of hydrogen-bond acceptors (Lipinski definition) is 6. The molecule has 0 aromatic carbocycles. The van der Waals surface area contributed by atoms with Gasteiger partial charge in [0.2, 0.25) is 0 Å². The Morgan fingerprint density at radius 1 is 1.30 bits per heavy atom. The zero-order valence-corrected chi connectivity index (χ0v) is 16.4. The number of aromatic nitrogens is 4. The summed E-state index contributed by atoms with van der Waals surface area (Å²) in [6, 6.07) is 0. The standard InChI is InChI=1S/C19H29N5O3/c1-4-24-17(21-22(3)19(24)27)9-14-5-7-23(8-6-14)11-16-15(12-25)10-20-13(2)18(16)26/h10,14,25-26H,4-9,11-12H2,1-3H3. The highest BCUT2D eigenvalue weighted by Crippen LogP contribution is 2.28. The number of aromatic hydroxyl groups is 1. The molecule has 1 aliphatic heterocycles. The summed E-state index contributed by atoms with van der Waals surface area (Å²) in [5.74, 6) is 1.55. The van der Waals surface area contributed by atoms with Crippen molar-refractivity contribution < 1.29 is 10.2 Å². The first-order valence-electron chi connectivity index (χ1n) is 9.56. The lowest BCUT2D eigenvalue weighted by molar-refractivity contribution is 0.172. The first-order chi connectivity index (χ1) is 12.9. The van der Waals surface area contributed by atoms with Crippen LogP contribution in [0.5, 0.6) is 5.75 Å². The van der Waals surface area contributed by atoms with E-state index in [1.807, 2.05) is 6.92 Å². The Kier molecular flexibility index (Phi) is 5.96. The number of hydrogen-bond donors (Lipinski definition) is 2. The van der Waals surface area contributed by atoms with Gasteiger partial charge in [-0.15, -0.1) is 0 Å². The van der Waals surface area contributed by atoms with E-state index in [1.54, 1.807) is 24.7 Å². The van der Waals surface area contributed by atoms with Crippen molar-refractivity contribution in [1.82, 2.24) is 24.2 Å². The Hall–Kier alpha value is -2.19. The fraction of sp³-hybridized carbons (Fsp3) is 0.632. The molecule has 0 spiro atoms. The van der Waals surface area contributed by atoms with Crippen LogP contribution in [0.3, 0.4) is 0 Å². The minimum Gasteiger partial charge on any atom is -0.506 e. The van der Waals surface area contributed by atoms with Gasteiger partial charge < -0.3 is 10.2 Å². The molecule has 27 heavy (non-hydrogen) atoms. The van der Waals surface area contributed by atoms with E-state index in [0.717, 1.165) is 43.7 Å². The Balaban J connectivity index is 1.63. The van der Waals surface area contributed by atoms with Crippen molar-refractivity contribution in [3.63, 3.8) is 0 Å². The van der Waals surface area contributed by atoms with Crippen molar-refractivity contribution in [3.05, 3.63) is 39.3 Å². The van der Waals surface area contributed by atoms with Gasteiger partial charge in [0.15, 0.2) is 0 Å². The number of aliphatic hydroxyl groups excluding tert-OH is 1. The van der Waals surface area contributed by atoms with Gasteiger partial charge in [0, 0.05) is 43.9 Å². The molecule has 1 saturated heterocycles. The van der Waals surface area contributed by atoms with E-state index in [2.05, 4.69) is 15.0 Å². The molecule has 0 saturated carbocycles. The van der Waals surface area contributed by atoms with Crippen molar-refractivity contribution in [3.8, 4) is 5.75 Å². The highest BCUT2D eigenvalue weighted by molar-refractivity contribution is 5.40. The molecule has 0 aliphatic carbocycles. The largest absolute Gasteiger partial charge is 0.506 e. The van der Waals surface area contributed by atoms with E-state index in [9.17, 15) is 15.0 Å². The zero-order chi connectivity index (χ0) is 19.6. The average molecular weight is 375 g/mol. The van der Waals surface area contributed by atoms with Crippen molar-refractivity contribution in [2.45, 2.75) is 52.8 Å². The van der Waals surface area contributed by atoms with E-state index < -0.39 is 0 Å². The summed E-state index contributed by atoms with van der Waals surface area (Å²) in [5, 5.41) is 24.3. The van der Waals surface area contributed by atoms with Gasteiger partial charge >= 0.3 is 5.69 Å². The van der Waals surface area contributed by atoms with Crippen LogP contribution < -0.4 is 5.69 Å². The highest BCUT2D eigenvalue weighted by atomic mass is 16.3. The molecule has 1 aliphatic rings. The van der Waals surface area contributed by atoms with E-state index in [1.165, 1.54) is 4.68 Å². The predicted octanol–water partition coefficient (Wildman–Crippen LogP) is 0.958. The number of pyridine rings is 1. The molecule has 3 rings (SSSR count). The summed E-state index contributed by atoms with van der Waals surface area (Å²) in [4.78, 5) is 18.5. The van der Waals surface area contributed by atoms with Crippen LogP contribution >= 0.6 is 0 Å². The summed E-state index contributed by atoms with van der Waals surface area (Å²) in [6.07, 6.45) is 4.50. The predicted molar refractivity (Wildman–Crippen MR) is 101 cm³/mol. The van der Waals surface area contributed by atoms with Gasteiger partial charge in [0.1, 0.15) is 11.6 Å². The highest BCUT2D eigenvalue weighted by Gasteiger charge is 2.24. The quantitative estimate of drug-likeness (QED) is 0.781. The lowest BCUT2D eigenvalue weighted by Gasteiger charge is -2.32. The van der Waals surface area contributed by atoms with Gasteiger partial charge in [-0.2, -0.15) is 5.10 Å². The minimum absolute atomic E-state index is 0.0509. The minimum atomic E-state index is -0.124. The van der Waals surface area contributed by atoms with Crippen LogP contribution in [0.15, 0.2) is 11.0 Å². The van der Waals surface area contributed by atoms with E-state index >= 15 is 0 Å². The van der Waals surface area contributed by atoms with E-state index in [-0.39, 0.29) is 18.0 Å². The van der Waals surface area contributed by atoms with Crippen LogP contribution in [0, 0.1) is 12.8 Å². The summed E-state index contributed by atoms with van der Waals surface area (Å²) < 4.78 is 3.16. The van der Waals surface area contributed by atoms with Gasteiger partial charge in [0.05, 0.1) is 12.3 Å². The van der Waals surface area contributed by atoms with Gasteiger partial charge in [-0.25, -0.2) is 9.48 Å². The number of piperidine rings is 1. The SMILES string of the molecule is CCn1c(CC2CCN(Cc3c(CO)cnc(C)c3O)CC2)nn(C)c1=O. The zero-order valence-electron chi connectivity index (χ0n) is 16.4. The maximum Gasteiger partial charge on any atom is 0.345 e. The number of aliphatic hydroxyl groups is 1. The number of rotatable bonds is 6. The lowest BCUT2D eigenvalue weighted by Crippen LogP contribution is -2.34. The van der Waals surface area contributed by atoms with Crippen LogP contribution in [0.25, 0.3) is 0 Å². The Morgan fingerprint density at radius 3 is 2.63 bits per heavy atom. The lowest BCUT2D eigenvalue weighted by atomic mass is 9.92. The summed E-state index contributed by atoms with van der Waals surface area (Å²) >= 11 is 0. The maximum absolute atomic E-state index is 12.0. The molecule has 0 bridgehead atoms. The topological polar surface area (TPSA) is 96.4 Å². The van der Waals surface area contributed by atoms with Crippen LogP contribution in [0.1, 0.15) is 42.4 Å². The van der Waals surface area contributed by atoms with Crippen LogP contribution in [0.2, 0.25) is 0 Å². The fourth-order valence-electron chi connectivity index (χ4n) is 3.85. The van der Waals surface area contributed by atoms with Crippen molar-refractivity contribution in [2.24, 2.45) is 13.0 Å². The van der Waals surface area contributed by atoms with Crippen molar-refractivity contribution in [1.29, 1.82) is 0 Å². The van der Waals surface area contributed by atoms with Crippen molar-refractivity contribution in [2.75, 3.05) is 13.1 Å². The average Bonchev–Trinajstić information content (AvgIpc) is 2.93. The second kappa shape index (κ2) is 8.22.